The van der Waals surface area contributed by atoms with Crippen LogP contribution < -0.4 is 15.2 Å². The quantitative estimate of drug-likeness (QED) is 0.881. The molecule has 2 aromatic carbocycles. The maximum atomic E-state index is 9.57. The van der Waals surface area contributed by atoms with Crippen LogP contribution in [0.2, 0.25) is 0 Å². The van der Waals surface area contributed by atoms with Gasteiger partial charge in [0.15, 0.2) is 0 Å². The number of aromatic hydroxyl groups is 1. The summed E-state index contributed by atoms with van der Waals surface area (Å²) in [4.78, 5) is 0. The molecule has 104 valence electrons. The summed E-state index contributed by atoms with van der Waals surface area (Å²) in [5.41, 5.74) is 8.13. The normalized spacial score (nSPS) is 20.9. The molecule has 0 aliphatic carbocycles. The predicted octanol–water partition coefficient (Wildman–Crippen LogP) is 2.92. The number of hydrogen-bond donors (Lipinski definition) is 2. The van der Waals surface area contributed by atoms with Crippen molar-refractivity contribution in [1.29, 1.82) is 0 Å². The van der Waals surface area contributed by atoms with E-state index in [1.54, 1.807) is 19.2 Å². The lowest BCUT2D eigenvalue weighted by Crippen LogP contribution is -2.24. The van der Waals surface area contributed by atoms with E-state index < -0.39 is 0 Å². The molecule has 3 N–H and O–H groups in total. The van der Waals surface area contributed by atoms with E-state index in [0.717, 1.165) is 22.6 Å². The van der Waals surface area contributed by atoms with Gasteiger partial charge in [0.05, 0.1) is 7.11 Å². The van der Waals surface area contributed by atoms with E-state index in [9.17, 15) is 5.11 Å². The van der Waals surface area contributed by atoms with Crippen LogP contribution in [0.4, 0.5) is 0 Å². The zero-order chi connectivity index (χ0) is 14.1. The number of methoxy groups -OCH3 is 1. The van der Waals surface area contributed by atoms with Crippen molar-refractivity contribution in [3.05, 3.63) is 53.6 Å². The lowest BCUT2D eigenvalue weighted by Gasteiger charge is -2.30. The molecule has 1 heterocycles. The molecule has 1 unspecified atom stereocenters. The highest BCUT2D eigenvalue weighted by Crippen LogP contribution is 2.41. The summed E-state index contributed by atoms with van der Waals surface area (Å²) in [7, 11) is 1.63. The fourth-order valence-electron chi connectivity index (χ4n) is 2.54. The minimum absolute atomic E-state index is 0.110. The van der Waals surface area contributed by atoms with Gasteiger partial charge in [-0.3, -0.25) is 0 Å². The lowest BCUT2D eigenvalue weighted by molar-refractivity contribution is 0.161. The molecule has 0 saturated carbocycles. The van der Waals surface area contributed by atoms with Gasteiger partial charge in [0.2, 0.25) is 0 Å². The van der Waals surface area contributed by atoms with Crippen molar-refractivity contribution in [2.24, 2.45) is 5.73 Å². The molecule has 4 nitrogen and oxygen atoms in total. The van der Waals surface area contributed by atoms with E-state index in [0.29, 0.717) is 6.42 Å². The van der Waals surface area contributed by atoms with E-state index >= 15 is 0 Å². The molecule has 3 rings (SSSR count). The van der Waals surface area contributed by atoms with E-state index in [1.165, 1.54) is 0 Å². The number of phenolic OH excluding ortho intramolecular Hbond substituents is 1. The van der Waals surface area contributed by atoms with Crippen LogP contribution >= 0.6 is 0 Å². The maximum Gasteiger partial charge on any atom is 0.126 e. The second-order valence-electron chi connectivity index (χ2n) is 4.95. The largest absolute Gasteiger partial charge is 0.508 e. The van der Waals surface area contributed by atoms with Crippen molar-refractivity contribution in [2.75, 3.05) is 7.11 Å². The first-order chi connectivity index (χ1) is 9.67. The molecule has 0 spiro atoms. The maximum absolute atomic E-state index is 9.57. The van der Waals surface area contributed by atoms with Crippen LogP contribution in [-0.4, -0.2) is 12.2 Å². The molecular formula is C16H17NO3. The van der Waals surface area contributed by atoms with Gasteiger partial charge in [-0.1, -0.05) is 12.1 Å². The van der Waals surface area contributed by atoms with Gasteiger partial charge >= 0.3 is 0 Å². The SMILES string of the molecule is COc1ccc2c(c1)[C@@H](N)CC(c1cccc(O)c1)O2. The van der Waals surface area contributed by atoms with Gasteiger partial charge in [-0.05, 0) is 35.9 Å². The Balaban J connectivity index is 1.93. The molecule has 0 amide bonds. The Labute approximate surface area is 117 Å². The molecule has 20 heavy (non-hydrogen) atoms. The lowest BCUT2D eigenvalue weighted by atomic mass is 9.93. The van der Waals surface area contributed by atoms with Gasteiger partial charge < -0.3 is 20.3 Å². The molecule has 1 aliphatic rings. The number of ether oxygens (including phenoxy) is 2. The van der Waals surface area contributed by atoms with Crippen molar-refractivity contribution in [3.63, 3.8) is 0 Å². The third-order valence-corrected chi connectivity index (χ3v) is 3.60. The van der Waals surface area contributed by atoms with E-state index in [2.05, 4.69) is 0 Å². The molecule has 2 atom stereocenters. The van der Waals surface area contributed by atoms with Crippen LogP contribution in [-0.2, 0) is 0 Å². The topological polar surface area (TPSA) is 64.7 Å². The van der Waals surface area contributed by atoms with Crippen LogP contribution in [0.3, 0.4) is 0 Å². The summed E-state index contributed by atoms with van der Waals surface area (Å²) in [5.74, 6) is 1.79. The van der Waals surface area contributed by atoms with Gasteiger partial charge in [0, 0.05) is 18.0 Å². The average Bonchev–Trinajstić information content (AvgIpc) is 2.47. The van der Waals surface area contributed by atoms with E-state index in [-0.39, 0.29) is 17.9 Å². The van der Waals surface area contributed by atoms with Gasteiger partial charge in [0.1, 0.15) is 23.4 Å². The summed E-state index contributed by atoms with van der Waals surface area (Å²) >= 11 is 0. The fraction of sp³-hybridized carbons (Fsp3) is 0.250. The minimum Gasteiger partial charge on any atom is -0.508 e. The number of hydrogen-bond acceptors (Lipinski definition) is 4. The highest BCUT2D eigenvalue weighted by Gasteiger charge is 2.27. The Kier molecular flexibility index (Phi) is 3.24. The van der Waals surface area contributed by atoms with Gasteiger partial charge in [-0.15, -0.1) is 0 Å². The Morgan fingerprint density at radius 2 is 2.10 bits per heavy atom. The van der Waals surface area contributed by atoms with Crippen molar-refractivity contribution >= 4 is 0 Å². The van der Waals surface area contributed by atoms with Crippen LogP contribution in [0.15, 0.2) is 42.5 Å². The van der Waals surface area contributed by atoms with Crippen LogP contribution in [0, 0.1) is 0 Å². The molecule has 0 radical (unpaired) electrons. The van der Waals surface area contributed by atoms with Crippen molar-refractivity contribution in [3.8, 4) is 17.2 Å². The Hall–Kier alpha value is -2.20. The number of phenols is 1. The molecule has 1 aliphatic heterocycles. The fourth-order valence-corrected chi connectivity index (χ4v) is 2.54. The van der Waals surface area contributed by atoms with Gasteiger partial charge in [-0.2, -0.15) is 0 Å². The highest BCUT2D eigenvalue weighted by molar-refractivity contribution is 5.44. The van der Waals surface area contributed by atoms with Crippen molar-refractivity contribution < 1.29 is 14.6 Å². The highest BCUT2D eigenvalue weighted by atomic mass is 16.5. The number of fused-ring (bicyclic) bond motifs is 1. The smallest absolute Gasteiger partial charge is 0.126 e. The van der Waals surface area contributed by atoms with Gasteiger partial charge in [0.25, 0.3) is 0 Å². The molecule has 0 aromatic heterocycles. The molecule has 4 heteroatoms. The van der Waals surface area contributed by atoms with Crippen LogP contribution in [0.1, 0.15) is 29.7 Å². The zero-order valence-electron chi connectivity index (χ0n) is 11.2. The number of nitrogens with two attached hydrogens (primary N) is 1. The van der Waals surface area contributed by atoms with Gasteiger partial charge in [-0.25, -0.2) is 0 Å². The first-order valence-corrected chi connectivity index (χ1v) is 6.56. The average molecular weight is 271 g/mol. The second kappa shape index (κ2) is 5.06. The first kappa shape index (κ1) is 12.8. The summed E-state index contributed by atoms with van der Waals surface area (Å²) in [6, 6.07) is 12.6. The van der Waals surface area contributed by atoms with E-state index in [4.69, 9.17) is 15.2 Å². The third kappa shape index (κ3) is 2.30. The summed E-state index contributed by atoms with van der Waals surface area (Å²) in [6.07, 6.45) is 0.530. The molecule has 0 bridgehead atoms. The Morgan fingerprint density at radius 3 is 2.85 bits per heavy atom. The number of rotatable bonds is 2. The third-order valence-electron chi connectivity index (χ3n) is 3.60. The first-order valence-electron chi connectivity index (χ1n) is 6.56. The standard InChI is InChI=1S/C16H17NO3/c1-19-12-5-6-15-13(8-12)14(17)9-16(20-15)10-3-2-4-11(18)7-10/h2-8,14,16,18H,9,17H2,1H3/t14-,16?/m0/s1. The van der Waals surface area contributed by atoms with Crippen LogP contribution in [0.5, 0.6) is 17.2 Å². The molecular weight excluding hydrogens is 254 g/mol. The molecule has 2 aromatic rings. The van der Waals surface area contributed by atoms with Crippen molar-refractivity contribution in [1.82, 2.24) is 0 Å². The summed E-state index contributed by atoms with van der Waals surface area (Å²) < 4.78 is 11.2. The molecule has 0 fully saturated rings. The van der Waals surface area contributed by atoms with E-state index in [1.807, 2.05) is 30.3 Å². The summed E-state index contributed by atoms with van der Waals surface area (Å²) in [6.45, 7) is 0. The summed E-state index contributed by atoms with van der Waals surface area (Å²) in [5, 5.41) is 9.57. The monoisotopic (exact) mass is 271 g/mol. The zero-order valence-corrected chi connectivity index (χ0v) is 11.2. The van der Waals surface area contributed by atoms with Crippen molar-refractivity contribution in [2.45, 2.75) is 18.6 Å². The Morgan fingerprint density at radius 1 is 1.25 bits per heavy atom. The number of benzene rings is 2. The Bertz CT molecular complexity index is 627. The predicted molar refractivity (Wildman–Crippen MR) is 76.0 cm³/mol. The second-order valence-corrected chi connectivity index (χ2v) is 4.95. The van der Waals surface area contributed by atoms with Crippen LogP contribution in [0.25, 0.3) is 0 Å². The molecule has 0 saturated heterocycles. The minimum atomic E-state index is -0.141.